The molecule has 23 heavy (non-hydrogen) atoms. The van der Waals surface area contributed by atoms with Crippen molar-refractivity contribution in [2.45, 2.75) is 37.3 Å². The second-order valence-electron chi connectivity index (χ2n) is 5.64. The van der Waals surface area contributed by atoms with Gasteiger partial charge in [0.15, 0.2) is 0 Å². The lowest BCUT2D eigenvalue weighted by molar-refractivity contribution is -0.143. The number of sulfonamides is 1. The van der Waals surface area contributed by atoms with Gasteiger partial charge in [0.1, 0.15) is 5.82 Å². The van der Waals surface area contributed by atoms with Crippen LogP contribution in [0.3, 0.4) is 0 Å². The molecule has 2 unspecified atom stereocenters. The summed E-state index contributed by atoms with van der Waals surface area (Å²) < 4.78 is 44.7. The number of hydrogen-bond donors (Lipinski definition) is 1. The van der Waals surface area contributed by atoms with Crippen molar-refractivity contribution in [2.75, 3.05) is 19.7 Å². The van der Waals surface area contributed by atoms with Gasteiger partial charge in [0.25, 0.3) is 0 Å². The Balaban J connectivity index is 1.88. The molecule has 1 aromatic rings. The van der Waals surface area contributed by atoms with Crippen LogP contribution in [0.4, 0.5) is 4.39 Å². The fourth-order valence-electron chi connectivity index (χ4n) is 2.38. The van der Waals surface area contributed by atoms with Crippen molar-refractivity contribution in [2.24, 2.45) is 0 Å². The smallest absolute Gasteiger partial charge is 0.240 e. The fraction of sp³-hybridized carbons (Fsp3) is 0.533. The van der Waals surface area contributed by atoms with E-state index in [1.165, 1.54) is 12.1 Å². The average Bonchev–Trinajstić information content (AvgIpc) is 2.50. The van der Waals surface area contributed by atoms with E-state index in [1.54, 1.807) is 4.90 Å². The zero-order chi connectivity index (χ0) is 17.0. The number of nitrogens with zero attached hydrogens (tertiary/aromatic N) is 1. The first-order chi connectivity index (χ1) is 10.8. The van der Waals surface area contributed by atoms with Crippen LogP contribution in [0.2, 0.25) is 0 Å². The van der Waals surface area contributed by atoms with Crippen LogP contribution >= 0.6 is 0 Å². The van der Waals surface area contributed by atoms with Gasteiger partial charge < -0.3 is 9.64 Å². The van der Waals surface area contributed by atoms with Gasteiger partial charge in [0.2, 0.25) is 15.9 Å². The molecule has 1 fully saturated rings. The Labute approximate surface area is 135 Å². The summed E-state index contributed by atoms with van der Waals surface area (Å²) in [5.41, 5.74) is 0. The van der Waals surface area contributed by atoms with E-state index in [2.05, 4.69) is 4.72 Å². The molecule has 0 bridgehead atoms. The minimum absolute atomic E-state index is 0.00298. The molecular weight excluding hydrogens is 323 g/mol. The summed E-state index contributed by atoms with van der Waals surface area (Å²) in [7, 11) is -3.74. The lowest BCUT2D eigenvalue weighted by atomic mass is 10.2. The molecule has 6 nitrogen and oxygen atoms in total. The van der Waals surface area contributed by atoms with Crippen LogP contribution in [0.15, 0.2) is 29.2 Å². The highest BCUT2D eigenvalue weighted by Gasteiger charge is 2.27. The number of morpholine rings is 1. The van der Waals surface area contributed by atoms with E-state index in [0.717, 1.165) is 12.1 Å². The molecule has 8 heteroatoms. The zero-order valence-electron chi connectivity index (χ0n) is 13.2. The topological polar surface area (TPSA) is 75.7 Å². The molecule has 0 aliphatic carbocycles. The number of hydrogen-bond acceptors (Lipinski definition) is 4. The molecule has 128 valence electrons. The number of ether oxygens (including phenoxy) is 1. The Morgan fingerprint density at radius 1 is 1.35 bits per heavy atom. The van der Waals surface area contributed by atoms with Crippen molar-refractivity contribution < 1.29 is 22.3 Å². The summed E-state index contributed by atoms with van der Waals surface area (Å²) in [6.45, 7) is 4.77. The van der Waals surface area contributed by atoms with Gasteiger partial charge in [-0.05, 0) is 38.1 Å². The Bertz CT molecular complexity index is 648. The number of halogens is 1. The highest BCUT2D eigenvalue weighted by atomic mass is 32.2. The first-order valence-corrected chi connectivity index (χ1v) is 8.94. The van der Waals surface area contributed by atoms with Crippen molar-refractivity contribution in [3.8, 4) is 0 Å². The van der Waals surface area contributed by atoms with Gasteiger partial charge in [-0.1, -0.05) is 0 Å². The molecule has 1 heterocycles. The average molecular weight is 344 g/mol. The van der Waals surface area contributed by atoms with Crippen molar-refractivity contribution >= 4 is 15.9 Å². The predicted molar refractivity (Wildman–Crippen MR) is 82.8 cm³/mol. The van der Waals surface area contributed by atoms with Gasteiger partial charge in [-0.15, -0.1) is 0 Å². The minimum Gasteiger partial charge on any atom is -0.375 e. The number of carbonyl (C=O) groups is 1. The Hall–Kier alpha value is -1.51. The number of rotatable bonds is 5. The van der Waals surface area contributed by atoms with E-state index >= 15 is 0 Å². The van der Waals surface area contributed by atoms with E-state index in [1.807, 2.05) is 13.8 Å². The van der Waals surface area contributed by atoms with Crippen molar-refractivity contribution in [1.29, 1.82) is 0 Å². The van der Waals surface area contributed by atoms with E-state index < -0.39 is 15.8 Å². The van der Waals surface area contributed by atoms with Crippen LogP contribution in [0, 0.1) is 5.82 Å². The van der Waals surface area contributed by atoms with Gasteiger partial charge >= 0.3 is 0 Å². The largest absolute Gasteiger partial charge is 0.375 e. The van der Waals surface area contributed by atoms with Gasteiger partial charge in [0.05, 0.1) is 23.6 Å². The molecule has 0 radical (unpaired) electrons. The number of carbonyl (C=O) groups excluding carboxylic acids is 1. The van der Waals surface area contributed by atoms with E-state index in [4.69, 9.17) is 4.74 Å². The van der Waals surface area contributed by atoms with Crippen LogP contribution < -0.4 is 4.72 Å². The van der Waals surface area contributed by atoms with Crippen molar-refractivity contribution in [3.63, 3.8) is 0 Å². The molecule has 1 aliphatic heterocycles. The molecule has 0 saturated carbocycles. The third kappa shape index (κ3) is 4.73. The maximum atomic E-state index is 12.8. The van der Waals surface area contributed by atoms with E-state index in [9.17, 15) is 17.6 Å². The molecule has 1 amide bonds. The van der Waals surface area contributed by atoms with Gasteiger partial charge in [0, 0.05) is 19.5 Å². The molecule has 1 N–H and O–H groups in total. The lowest BCUT2D eigenvalue weighted by Crippen LogP contribution is -2.50. The lowest BCUT2D eigenvalue weighted by Gasteiger charge is -2.36. The normalized spacial score (nSPS) is 22.1. The van der Waals surface area contributed by atoms with E-state index in [0.29, 0.717) is 13.2 Å². The summed E-state index contributed by atoms with van der Waals surface area (Å²) >= 11 is 0. The fourth-order valence-corrected chi connectivity index (χ4v) is 3.42. The molecule has 1 aliphatic rings. The quantitative estimate of drug-likeness (QED) is 0.869. The zero-order valence-corrected chi connectivity index (χ0v) is 14.0. The second kappa shape index (κ2) is 7.37. The van der Waals surface area contributed by atoms with Gasteiger partial charge in [-0.3, -0.25) is 4.79 Å². The van der Waals surface area contributed by atoms with Crippen molar-refractivity contribution in [1.82, 2.24) is 9.62 Å². The van der Waals surface area contributed by atoms with Gasteiger partial charge in [-0.25, -0.2) is 17.5 Å². The third-order valence-electron chi connectivity index (χ3n) is 3.68. The van der Waals surface area contributed by atoms with Crippen LogP contribution in [0.25, 0.3) is 0 Å². The van der Waals surface area contributed by atoms with Crippen LogP contribution in [0.5, 0.6) is 0 Å². The molecule has 1 saturated heterocycles. The molecule has 0 aromatic heterocycles. The van der Waals surface area contributed by atoms with Crippen molar-refractivity contribution in [3.05, 3.63) is 30.1 Å². The first kappa shape index (κ1) is 17.8. The number of amides is 1. The number of nitrogens with one attached hydrogen (secondary N) is 1. The molecule has 2 rings (SSSR count). The van der Waals surface area contributed by atoms with Crippen LogP contribution in [0.1, 0.15) is 20.3 Å². The first-order valence-electron chi connectivity index (χ1n) is 7.46. The minimum atomic E-state index is -3.74. The highest BCUT2D eigenvalue weighted by molar-refractivity contribution is 7.89. The molecule has 2 atom stereocenters. The summed E-state index contributed by atoms with van der Waals surface area (Å²) in [5.74, 6) is -0.621. The summed E-state index contributed by atoms with van der Waals surface area (Å²) in [6.07, 6.45) is 0.0448. The predicted octanol–water partition coefficient (Wildman–Crippen LogP) is 1.13. The molecule has 0 spiro atoms. The monoisotopic (exact) mass is 344 g/mol. The molecular formula is C15H21FN2O4S. The summed E-state index contributed by atoms with van der Waals surface area (Å²) in [5, 5.41) is 0. The maximum Gasteiger partial charge on any atom is 0.240 e. The SMILES string of the molecule is CC1CN(C(=O)CCNS(=O)(=O)c2ccc(F)cc2)C(C)CO1. The summed E-state index contributed by atoms with van der Waals surface area (Å²) in [6, 6.07) is 4.51. The van der Waals surface area contributed by atoms with Crippen LogP contribution in [-0.2, 0) is 19.6 Å². The Morgan fingerprint density at radius 3 is 2.65 bits per heavy atom. The standard InChI is InChI=1S/C15H21FN2O4S/c1-11-10-22-12(2)9-18(11)15(19)7-8-17-23(20,21)14-5-3-13(16)4-6-14/h3-6,11-12,17H,7-10H2,1-2H3. The van der Waals surface area contributed by atoms with E-state index in [-0.39, 0.29) is 35.9 Å². The van der Waals surface area contributed by atoms with Gasteiger partial charge in [-0.2, -0.15) is 0 Å². The Morgan fingerprint density at radius 2 is 2.00 bits per heavy atom. The molecule has 1 aromatic carbocycles. The Kier molecular flexibility index (Phi) is 5.72. The summed E-state index contributed by atoms with van der Waals surface area (Å²) in [4.78, 5) is 13.9. The van der Waals surface area contributed by atoms with Crippen LogP contribution in [-0.4, -0.2) is 51.1 Å². The number of benzene rings is 1. The maximum absolute atomic E-state index is 12.8. The second-order valence-corrected chi connectivity index (χ2v) is 7.41. The third-order valence-corrected chi connectivity index (χ3v) is 5.16. The highest BCUT2D eigenvalue weighted by Crippen LogP contribution is 2.13.